The smallest absolute Gasteiger partial charge is 0.281 e. The number of nitrogens with zero attached hydrogens (tertiary/aromatic N) is 3. The molecule has 0 bridgehead atoms. The largest absolute Gasteiger partial charge is 0.503 e. The molecule has 3 heterocycles. The maximum absolute atomic E-state index is 13.8. The van der Waals surface area contributed by atoms with Gasteiger partial charge in [0.1, 0.15) is 0 Å². The van der Waals surface area contributed by atoms with Crippen molar-refractivity contribution in [2.24, 2.45) is 0 Å². The van der Waals surface area contributed by atoms with Crippen molar-refractivity contribution >= 4 is 32.2 Å². The second-order valence-corrected chi connectivity index (χ2v) is 11.4. The van der Waals surface area contributed by atoms with Crippen LogP contribution in [0, 0.1) is 18.6 Å². The molecule has 5 rings (SSSR count). The summed E-state index contributed by atoms with van der Waals surface area (Å²) < 4.78 is 61.1. The Bertz CT molecular complexity index is 1620. The number of aromatic hydroxyl groups is 1. The highest BCUT2D eigenvalue weighted by Gasteiger charge is 2.31. The summed E-state index contributed by atoms with van der Waals surface area (Å²) in [5, 5.41) is 13.2. The van der Waals surface area contributed by atoms with Gasteiger partial charge in [0.05, 0.1) is 24.7 Å². The third-order valence-electron chi connectivity index (χ3n) is 5.95. The van der Waals surface area contributed by atoms with Crippen molar-refractivity contribution in [1.29, 1.82) is 0 Å². The molecule has 0 unspecified atom stereocenters. The van der Waals surface area contributed by atoms with Crippen LogP contribution in [0.25, 0.3) is 11.3 Å². The van der Waals surface area contributed by atoms with Crippen LogP contribution in [0.15, 0.2) is 47.8 Å². The summed E-state index contributed by atoms with van der Waals surface area (Å²) in [6, 6.07) is 6.78. The lowest BCUT2D eigenvalue weighted by atomic mass is 10.1. The van der Waals surface area contributed by atoms with Gasteiger partial charge in [-0.2, -0.15) is 8.42 Å². The maximum atomic E-state index is 13.8. The molecule has 1 aliphatic carbocycles. The molecule has 3 aromatic heterocycles. The van der Waals surface area contributed by atoms with Gasteiger partial charge in [-0.25, -0.2) is 23.7 Å². The molecule has 1 aliphatic rings. The molecule has 38 heavy (non-hydrogen) atoms. The standard InChI is InChI=1S/C25H23F2N5O4S2/c1-13-9-17(29-11-16-7-8-28-23(36-2)21(16)33)12-30-24(13)38(34,35)32-25-31-20(22(37-25)14-3-4-14)15-5-6-18(26)19(27)10-15/h5-10,12,14,29,33H,3-4,11H2,1-2H3,(H,31,32). The van der Waals surface area contributed by atoms with E-state index < -0.39 is 21.7 Å². The van der Waals surface area contributed by atoms with Gasteiger partial charge >= 0.3 is 0 Å². The van der Waals surface area contributed by atoms with Crippen molar-refractivity contribution in [2.75, 3.05) is 17.1 Å². The molecule has 0 saturated heterocycles. The molecule has 3 N–H and O–H groups in total. The van der Waals surface area contributed by atoms with E-state index in [4.69, 9.17) is 4.74 Å². The van der Waals surface area contributed by atoms with E-state index in [1.165, 1.54) is 36.9 Å². The predicted molar refractivity (Wildman–Crippen MR) is 139 cm³/mol. The first-order valence-electron chi connectivity index (χ1n) is 11.6. The molecule has 13 heteroatoms. The van der Waals surface area contributed by atoms with E-state index in [-0.39, 0.29) is 34.2 Å². The number of ether oxygens (including phenoxy) is 1. The number of pyridine rings is 2. The van der Waals surface area contributed by atoms with Crippen LogP contribution < -0.4 is 14.8 Å². The number of rotatable bonds is 9. The molecule has 1 saturated carbocycles. The summed E-state index contributed by atoms with van der Waals surface area (Å²) in [5.74, 6) is -1.74. The molecule has 4 aromatic rings. The summed E-state index contributed by atoms with van der Waals surface area (Å²) in [6.45, 7) is 1.84. The molecular weight excluding hydrogens is 536 g/mol. The number of hydrogen-bond acceptors (Lipinski definition) is 9. The van der Waals surface area contributed by atoms with Crippen LogP contribution in [-0.2, 0) is 16.6 Å². The molecule has 198 valence electrons. The Balaban J connectivity index is 1.35. The molecule has 0 radical (unpaired) electrons. The van der Waals surface area contributed by atoms with E-state index in [0.717, 1.165) is 29.9 Å². The Morgan fingerprint density at radius 3 is 2.63 bits per heavy atom. The summed E-state index contributed by atoms with van der Waals surface area (Å²) >= 11 is 1.18. The molecule has 9 nitrogen and oxygen atoms in total. The Kier molecular flexibility index (Phi) is 6.88. The number of benzene rings is 1. The van der Waals surface area contributed by atoms with Gasteiger partial charge in [0.25, 0.3) is 15.9 Å². The normalized spacial score (nSPS) is 13.4. The fourth-order valence-corrected chi connectivity index (χ4v) is 6.46. The van der Waals surface area contributed by atoms with Gasteiger partial charge in [-0.1, -0.05) is 0 Å². The number of thiazole rings is 1. The molecular formula is C25H23F2N5O4S2. The fraction of sp³-hybridized carbons (Fsp3) is 0.240. The second-order valence-electron chi connectivity index (χ2n) is 8.77. The second kappa shape index (κ2) is 10.1. The Morgan fingerprint density at radius 2 is 1.95 bits per heavy atom. The molecule has 1 aromatic carbocycles. The minimum atomic E-state index is -4.09. The van der Waals surface area contributed by atoms with E-state index in [9.17, 15) is 22.3 Å². The quantitative estimate of drug-likeness (QED) is 0.256. The van der Waals surface area contributed by atoms with Gasteiger partial charge in [-0.05, 0) is 61.6 Å². The zero-order valence-electron chi connectivity index (χ0n) is 20.3. The Hall–Kier alpha value is -3.84. The van der Waals surface area contributed by atoms with Crippen LogP contribution in [0.3, 0.4) is 0 Å². The number of nitrogens with one attached hydrogen (secondary N) is 2. The number of anilines is 2. The first-order chi connectivity index (χ1) is 18.2. The Morgan fingerprint density at radius 1 is 1.16 bits per heavy atom. The molecule has 0 spiro atoms. The van der Waals surface area contributed by atoms with Gasteiger partial charge < -0.3 is 15.2 Å². The van der Waals surface area contributed by atoms with E-state index in [1.54, 1.807) is 19.1 Å². The lowest BCUT2D eigenvalue weighted by molar-refractivity contribution is 0.356. The van der Waals surface area contributed by atoms with Crippen LogP contribution in [0.5, 0.6) is 11.6 Å². The predicted octanol–water partition coefficient (Wildman–Crippen LogP) is 5.19. The number of halogens is 2. The first kappa shape index (κ1) is 25.8. The minimum Gasteiger partial charge on any atom is -0.503 e. The van der Waals surface area contributed by atoms with Crippen molar-refractivity contribution in [3.05, 3.63) is 70.4 Å². The van der Waals surface area contributed by atoms with Crippen molar-refractivity contribution in [1.82, 2.24) is 15.0 Å². The Labute approximate surface area is 221 Å². The van der Waals surface area contributed by atoms with E-state index in [1.807, 2.05) is 0 Å². The van der Waals surface area contributed by atoms with Gasteiger partial charge in [-0.15, -0.1) is 11.3 Å². The number of hydrogen-bond donors (Lipinski definition) is 3. The lowest BCUT2D eigenvalue weighted by Crippen LogP contribution is -2.16. The number of aromatic nitrogens is 3. The average Bonchev–Trinajstić information content (AvgIpc) is 3.65. The van der Waals surface area contributed by atoms with Crippen molar-refractivity contribution in [3.8, 4) is 22.9 Å². The van der Waals surface area contributed by atoms with E-state index in [0.29, 0.717) is 28.1 Å². The van der Waals surface area contributed by atoms with Crippen LogP contribution in [-0.4, -0.2) is 35.6 Å². The zero-order chi connectivity index (χ0) is 27.0. The lowest BCUT2D eigenvalue weighted by Gasteiger charge is -2.12. The minimum absolute atomic E-state index is 0.0904. The number of methoxy groups -OCH3 is 1. The van der Waals surface area contributed by atoms with Crippen molar-refractivity contribution in [3.63, 3.8) is 0 Å². The number of aryl methyl sites for hydroxylation is 1. The van der Waals surface area contributed by atoms with Crippen LogP contribution >= 0.6 is 11.3 Å². The third kappa shape index (κ3) is 5.24. The van der Waals surface area contributed by atoms with Gasteiger partial charge in [-0.3, -0.25) is 4.72 Å². The average molecular weight is 560 g/mol. The van der Waals surface area contributed by atoms with Crippen molar-refractivity contribution < 1.29 is 27.0 Å². The molecule has 0 aliphatic heterocycles. The molecule has 0 atom stereocenters. The molecule has 1 fully saturated rings. The van der Waals surface area contributed by atoms with Crippen molar-refractivity contribution in [2.45, 2.75) is 37.3 Å². The summed E-state index contributed by atoms with van der Waals surface area (Å²) in [4.78, 5) is 13.3. The summed E-state index contributed by atoms with van der Waals surface area (Å²) in [5.41, 5.74) is 2.30. The highest BCUT2D eigenvalue weighted by molar-refractivity contribution is 7.92. The topological polar surface area (TPSA) is 126 Å². The van der Waals surface area contributed by atoms with Crippen LogP contribution in [0.1, 0.15) is 34.8 Å². The van der Waals surface area contributed by atoms with Gasteiger partial charge in [0.15, 0.2) is 27.5 Å². The van der Waals surface area contributed by atoms with E-state index in [2.05, 4.69) is 25.0 Å². The first-order valence-corrected chi connectivity index (χ1v) is 13.9. The third-order valence-corrected chi connectivity index (χ3v) is 8.61. The summed E-state index contributed by atoms with van der Waals surface area (Å²) in [6.07, 6.45) is 4.72. The van der Waals surface area contributed by atoms with Crippen LogP contribution in [0.4, 0.5) is 19.6 Å². The fourth-order valence-electron chi connectivity index (χ4n) is 3.91. The molecule has 0 amide bonds. The van der Waals surface area contributed by atoms with Gasteiger partial charge in [0.2, 0.25) is 0 Å². The number of sulfonamides is 1. The summed E-state index contributed by atoms with van der Waals surface area (Å²) in [7, 11) is -2.68. The zero-order valence-corrected chi connectivity index (χ0v) is 22.0. The maximum Gasteiger partial charge on any atom is 0.281 e. The monoisotopic (exact) mass is 559 g/mol. The van der Waals surface area contributed by atoms with Crippen LogP contribution in [0.2, 0.25) is 0 Å². The highest BCUT2D eigenvalue weighted by Crippen LogP contribution is 2.48. The highest BCUT2D eigenvalue weighted by atomic mass is 32.2. The van der Waals surface area contributed by atoms with E-state index >= 15 is 0 Å². The SMILES string of the molecule is COc1nccc(CNc2cnc(S(=O)(=O)Nc3nc(-c4ccc(F)c(F)c4)c(C4CC4)s3)c(C)c2)c1O. The van der Waals surface area contributed by atoms with Gasteiger partial charge in [0, 0.05) is 28.7 Å².